The van der Waals surface area contributed by atoms with Crippen LogP contribution in [0.4, 0.5) is 0 Å². The molecule has 0 bridgehead atoms. The highest BCUT2D eigenvalue weighted by atomic mass is 79.9. The molecule has 3 rings (SSSR count). The normalized spacial score (nSPS) is 17.5. The summed E-state index contributed by atoms with van der Waals surface area (Å²) >= 11 is 9.36. The Hall–Kier alpha value is -1.07. The molecule has 0 aliphatic carbocycles. The fourth-order valence-corrected chi connectivity index (χ4v) is 3.08. The van der Waals surface area contributed by atoms with Crippen LogP contribution >= 0.6 is 39.9 Å². The Kier molecular flexibility index (Phi) is 6.48. The summed E-state index contributed by atoms with van der Waals surface area (Å²) in [6, 6.07) is 15.2. The molecule has 3 nitrogen and oxygen atoms in total. The van der Waals surface area contributed by atoms with Gasteiger partial charge in [0.15, 0.2) is 0 Å². The van der Waals surface area contributed by atoms with Gasteiger partial charge < -0.3 is 10.2 Å². The molecule has 1 saturated heterocycles. The minimum absolute atomic E-state index is 0. The molecule has 1 fully saturated rings. The predicted molar refractivity (Wildman–Crippen MR) is 99.5 cm³/mol. The molecule has 0 spiro atoms. The van der Waals surface area contributed by atoms with Gasteiger partial charge in [-0.1, -0.05) is 39.7 Å². The predicted octanol–water partition coefficient (Wildman–Crippen LogP) is 4.31. The molecule has 1 aliphatic heterocycles. The SMILES string of the molecule is Cl.O=C(c1ccc(Br)cc1)N1CCNCC1c1ccc(Cl)cc1. The first-order valence-electron chi connectivity index (χ1n) is 7.18. The van der Waals surface area contributed by atoms with E-state index in [2.05, 4.69) is 21.2 Å². The molecule has 0 aromatic heterocycles. The number of nitrogens with one attached hydrogen (secondary N) is 1. The second-order valence-corrected chi connectivity index (χ2v) is 6.63. The third-order valence-electron chi connectivity index (χ3n) is 3.85. The standard InChI is InChI=1S/C17H16BrClN2O.ClH/c18-14-5-1-13(2-6-14)17(22)21-10-9-20-11-16(21)12-3-7-15(19)8-4-12;/h1-8,16,20H,9-11H2;1H. The van der Waals surface area contributed by atoms with E-state index in [-0.39, 0.29) is 24.4 Å². The molecule has 2 aromatic carbocycles. The molecule has 1 amide bonds. The lowest BCUT2D eigenvalue weighted by molar-refractivity contribution is 0.0634. The number of rotatable bonds is 2. The maximum atomic E-state index is 12.8. The van der Waals surface area contributed by atoms with Crippen LogP contribution in [0, 0.1) is 0 Å². The minimum Gasteiger partial charge on any atom is -0.329 e. The molecule has 0 radical (unpaired) electrons. The molecular weight excluding hydrogens is 399 g/mol. The summed E-state index contributed by atoms with van der Waals surface area (Å²) in [7, 11) is 0. The zero-order valence-corrected chi connectivity index (χ0v) is 15.5. The Labute approximate surface area is 155 Å². The lowest BCUT2D eigenvalue weighted by Crippen LogP contribution is -2.48. The van der Waals surface area contributed by atoms with Gasteiger partial charge in [-0.2, -0.15) is 0 Å². The highest BCUT2D eigenvalue weighted by Crippen LogP contribution is 2.25. The van der Waals surface area contributed by atoms with Gasteiger partial charge in [-0.05, 0) is 42.0 Å². The number of hydrogen-bond acceptors (Lipinski definition) is 2. The first-order valence-corrected chi connectivity index (χ1v) is 8.35. The smallest absolute Gasteiger partial charge is 0.254 e. The van der Waals surface area contributed by atoms with Crippen molar-refractivity contribution in [3.05, 3.63) is 69.2 Å². The Balaban J connectivity index is 0.00000192. The van der Waals surface area contributed by atoms with Crippen LogP contribution in [-0.4, -0.2) is 30.4 Å². The second-order valence-electron chi connectivity index (χ2n) is 5.28. The van der Waals surface area contributed by atoms with Gasteiger partial charge >= 0.3 is 0 Å². The molecule has 23 heavy (non-hydrogen) atoms. The van der Waals surface area contributed by atoms with Crippen LogP contribution < -0.4 is 5.32 Å². The van der Waals surface area contributed by atoms with E-state index in [0.717, 1.165) is 23.1 Å². The number of nitrogens with zero attached hydrogens (tertiary/aromatic N) is 1. The van der Waals surface area contributed by atoms with Crippen LogP contribution in [0.5, 0.6) is 0 Å². The van der Waals surface area contributed by atoms with Crippen molar-refractivity contribution in [3.63, 3.8) is 0 Å². The van der Waals surface area contributed by atoms with Gasteiger partial charge in [0.1, 0.15) is 0 Å². The maximum absolute atomic E-state index is 12.8. The van der Waals surface area contributed by atoms with E-state index in [1.165, 1.54) is 0 Å². The number of amides is 1. The number of piperazine rings is 1. The van der Waals surface area contributed by atoms with Crippen LogP contribution in [0.1, 0.15) is 22.0 Å². The van der Waals surface area contributed by atoms with Crippen molar-refractivity contribution in [1.82, 2.24) is 10.2 Å². The van der Waals surface area contributed by atoms with Gasteiger partial charge in [0, 0.05) is 34.7 Å². The van der Waals surface area contributed by atoms with Crippen molar-refractivity contribution in [3.8, 4) is 0 Å². The number of halogens is 3. The molecule has 1 heterocycles. The van der Waals surface area contributed by atoms with E-state index >= 15 is 0 Å². The van der Waals surface area contributed by atoms with Crippen molar-refractivity contribution in [2.24, 2.45) is 0 Å². The van der Waals surface area contributed by atoms with Gasteiger partial charge in [0.2, 0.25) is 0 Å². The first-order chi connectivity index (χ1) is 10.6. The van der Waals surface area contributed by atoms with Gasteiger partial charge in [-0.3, -0.25) is 4.79 Å². The monoisotopic (exact) mass is 414 g/mol. The van der Waals surface area contributed by atoms with E-state index in [1.807, 2.05) is 53.4 Å². The zero-order valence-electron chi connectivity index (χ0n) is 12.3. The van der Waals surface area contributed by atoms with Crippen LogP contribution in [0.25, 0.3) is 0 Å². The van der Waals surface area contributed by atoms with Gasteiger partial charge in [0.05, 0.1) is 6.04 Å². The van der Waals surface area contributed by atoms with E-state index in [9.17, 15) is 4.79 Å². The van der Waals surface area contributed by atoms with Crippen LogP contribution in [0.15, 0.2) is 53.0 Å². The fourth-order valence-electron chi connectivity index (χ4n) is 2.69. The number of carbonyl (C=O) groups excluding carboxylic acids is 1. The molecule has 1 N–H and O–H groups in total. The van der Waals surface area contributed by atoms with E-state index in [4.69, 9.17) is 11.6 Å². The molecule has 2 aromatic rings. The second kappa shape index (κ2) is 8.15. The van der Waals surface area contributed by atoms with Gasteiger partial charge in [-0.25, -0.2) is 0 Å². The minimum atomic E-state index is 0. The topological polar surface area (TPSA) is 32.3 Å². The Morgan fingerprint density at radius 2 is 1.78 bits per heavy atom. The third-order valence-corrected chi connectivity index (χ3v) is 4.63. The quantitative estimate of drug-likeness (QED) is 0.792. The largest absolute Gasteiger partial charge is 0.329 e. The number of benzene rings is 2. The van der Waals surface area contributed by atoms with Crippen LogP contribution in [0.3, 0.4) is 0 Å². The Morgan fingerprint density at radius 3 is 2.43 bits per heavy atom. The van der Waals surface area contributed by atoms with E-state index < -0.39 is 0 Å². The van der Waals surface area contributed by atoms with Crippen LogP contribution in [-0.2, 0) is 0 Å². The molecule has 1 atom stereocenters. The van der Waals surface area contributed by atoms with E-state index in [0.29, 0.717) is 17.1 Å². The highest BCUT2D eigenvalue weighted by molar-refractivity contribution is 9.10. The third kappa shape index (κ3) is 4.27. The summed E-state index contributed by atoms with van der Waals surface area (Å²) in [5, 5.41) is 4.07. The lowest BCUT2D eigenvalue weighted by Gasteiger charge is -2.36. The zero-order chi connectivity index (χ0) is 15.5. The van der Waals surface area contributed by atoms with Crippen molar-refractivity contribution in [2.75, 3.05) is 19.6 Å². The van der Waals surface area contributed by atoms with E-state index in [1.54, 1.807) is 0 Å². The molecular formula is C17H17BrCl2N2O. The summed E-state index contributed by atoms with van der Waals surface area (Å²) in [5.74, 6) is 0.0638. The van der Waals surface area contributed by atoms with Crippen molar-refractivity contribution in [1.29, 1.82) is 0 Å². The maximum Gasteiger partial charge on any atom is 0.254 e. The number of hydrogen-bond donors (Lipinski definition) is 1. The molecule has 1 aliphatic rings. The Bertz CT molecular complexity index is 661. The lowest BCUT2D eigenvalue weighted by atomic mass is 10.0. The molecule has 122 valence electrons. The molecule has 1 unspecified atom stereocenters. The summed E-state index contributed by atoms with van der Waals surface area (Å²) < 4.78 is 0.971. The highest BCUT2D eigenvalue weighted by Gasteiger charge is 2.28. The van der Waals surface area contributed by atoms with Crippen molar-refractivity contribution >= 4 is 45.8 Å². The number of carbonyl (C=O) groups is 1. The fraction of sp³-hybridized carbons (Fsp3) is 0.235. The summed E-state index contributed by atoms with van der Waals surface area (Å²) in [6.45, 7) is 2.26. The average Bonchev–Trinajstić information content (AvgIpc) is 2.56. The van der Waals surface area contributed by atoms with Gasteiger partial charge in [-0.15, -0.1) is 12.4 Å². The molecule has 6 heteroatoms. The first kappa shape index (κ1) is 18.3. The summed E-state index contributed by atoms with van der Waals surface area (Å²) in [5.41, 5.74) is 1.81. The van der Waals surface area contributed by atoms with Crippen molar-refractivity contribution < 1.29 is 4.79 Å². The summed E-state index contributed by atoms with van der Waals surface area (Å²) in [6.07, 6.45) is 0. The Morgan fingerprint density at radius 1 is 1.13 bits per heavy atom. The molecule has 0 saturated carbocycles. The summed E-state index contributed by atoms with van der Waals surface area (Å²) in [4.78, 5) is 14.8. The van der Waals surface area contributed by atoms with Crippen molar-refractivity contribution in [2.45, 2.75) is 6.04 Å². The average molecular weight is 416 g/mol. The van der Waals surface area contributed by atoms with Crippen LogP contribution in [0.2, 0.25) is 5.02 Å². The van der Waals surface area contributed by atoms with Gasteiger partial charge in [0.25, 0.3) is 5.91 Å².